The van der Waals surface area contributed by atoms with Crippen LogP contribution in [-0.2, 0) is 4.79 Å². The van der Waals surface area contributed by atoms with Gasteiger partial charge in [-0.25, -0.2) is 0 Å². The van der Waals surface area contributed by atoms with Gasteiger partial charge in [-0.3, -0.25) is 4.79 Å². The second-order valence-electron chi connectivity index (χ2n) is 2.76. The summed E-state index contributed by atoms with van der Waals surface area (Å²) < 4.78 is 0. The van der Waals surface area contributed by atoms with E-state index in [0.29, 0.717) is 5.75 Å². The van der Waals surface area contributed by atoms with E-state index in [-0.39, 0.29) is 5.92 Å². The van der Waals surface area contributed by atoms with Crippen LogP contribution in [0.15, 0.2) is 30.3 Å². The normalized spacial score (nSPS) is 12.4. The third-order valence-electron chi connectivity index (χ3n) is 1.83. The van der Waals surface area contributed by atoms with E-state index in [0.717, 1.165) is 5.56 Å². The van der Waals surface area contributed by atoms with E-state index in [1.807, 2.05) is 36.6 Å². The number of rotatable bonds is 4. The van der Waals surface area contributed by atoms with Gasteiger partial charge in [0.1, 0.15) is 0 Å². The predicted octanol–water partition coefficient (Wildman–Crippen LogP) is 2.22. The summed E-state index contributed by atoms with van der Waals surface area (Å²) in [4.78, 5) is 10.9. The molecule has 0 bridgehead atoms. The monoisotopic (exact) mass is 196 g/mol. The van der Waals surface area contributed by atoms with Crippen molar-refractivity contribution in [1.82, 2.24) is 0 Å². The Morgan fingerprint density at radius 1 is 1.46 bits per heavy atom. The van der Waals surface area contributed by atoms with Gasteiger partial charge in [-0.15, -0.1) is 0 Å². The van der Waals surface area contributed by atoms with Crippen molar-refractivity contribution in [2.75, 3.05) is 12.0 Å². The molecule has 0 aliphatic carbocycles. The highest BCUT2D eigenvalue weighted by Gasteiger charge is 2.18. The smallest absolute Gasteiger partial charge is 0.311 e. The fourth-order valence-corrected chi connectivity index (χ4v) is 1.83. The Hall–Kier alpha value is -0.960. The first-order chi connectivity index (χ1) is 6.25. The maximum absolute atomic E-state index is 10.9. The number of carboxylic acids is 1. The SMILES string of the molecule is CSCC(C(=O)O)c1ccccc1. The van der Waals surface area contributed by atoms with Crippen LogP contribution in [0.2, 0.25) is 0 Å². The minimum atomic E-state index is -0.749. The maximum Gasteiger partial charge on any atom is 0.311 e. The summed E-state index contributed by atoms with van der Waals surface area (Å²) in [6.07, 6.45) is 1.92. The standard InChI is InChI=1S/C10H12O2S/c1-13-7-9(10(11)12)8-5-3-2-4-6-8/h2-6,9H,7H2,1H3,(H,11,12). The quantitative estimate of drug-likeness (QED) is 0.802. The van der Waals surface area contributed by atoms with E-state index in [1.54, 1.807) is 11.8 Å². The van der Waals surface area contributed by atoms with Gasteiger partial charge in [-0.1, -0.05) is 30.3 Å². The van der Waals surface area contributed by atoms with Gasteiger partial charge in [0.2, 0.25) is 0 Å². The molecule has 0 saturated heterocycles. The summed E-state index contributed by atoms with van der Waals surface area (Å²) in [6.45, 7) is 0. The van der Waals surface area contributed by atoms with Crippen LogP contribution in [-0.4, -0.2) is 23.1 Å². The maximum atomic E-state index is 10.9. The van der Waals surface area contributed by atoms with E-state index >= 15 is 0 Å². The third-order valence-corrected chi connectivity index (χ3v) is 2.50. The van der Waals surface area contributed by atoms with Crippen LogP contribution in [0, 0.1) is 0 Å². The predicted molar refractivity (Wildman–Crippen MR) is 55.2 cm³/mol. The molecule has 0 fully saturated rings. The van der Waals surface area contributed by atoms with Gasteiger partial charge >= 0.3 is 5.97 Å². The van der Waals surface area contributed by atoms with Gasteiger partial charge in [0, 0.05) is 5.75 Å². The Bertz CT molecular complexity index is 272. The number of benzene rings is 1. The molecule has 0 heterocycles. The first-order valence-corrected chi connectivity index (χ1v) is 5.41. The summed E-state index contributed by atoms with van der Waals surface area (Å²) in [5.41, 5.74) is 0.879. The van der Waals surface area contributed by atoms with Gasteiger partial charge in [0.05, 0.1) is 5.92 Å². The second kappa shape index (κ2) is 4.92. The molecule has 0 aromatic heterocycles. The molecule has 0 radical (unpaired) electrons. The average Bonchev–Trinajstić information content (AvgIpc) is 2.15. The molecule has 70 valence electrons. The molecule has 1 rings (SSSR count). The number of hydrogen-bond acceptors (Lipinski definition) is 2. The molecule has 0 spiro atoms. The molecule has 0 aliphatic rings. The fourth-order valence-electron chi connectivity index (χ4n) is 1.16. The lowest BCUT2D eigenvalue weighted by atomic mass is 10.0. The molecule has 1 unspecified atom stereocenters. The summed E-state index contributed by atoms with van der Waals surface area (Å²) in [7, 11) is 0. The highest BCUT2D eigenvalue weighted by atomic mass is 32.2. The molecule has 1 aromatic carbocycles. The number of hydrogen-bond donors (Lipinski definition) is 1. The first-order valence-electron chi connectivity index (χ1n) is 4.02. The van der Waals surface area contributed by atoms with Crippen molar-refractivity contribution in [1.29, 1.82) is 0 Å². The second-order valence-corrected chi connectivity index (χ2v) is 3.67. The van der Waals surface area contributed by atoms with Crippen molar-refractivity contribution in [3.8, 4) is 0 Å². The summed E-state index contributed by atoms with van der Waals surface area (Å²) >= 11 is 1.55. The molecule has 2 nitrogen and oxygen atoms in total. The van der Waals surface area contributed by atoms with Gasteiger partial charge in [-0.2, -0.15) is 11.8 Å². The zero-order chi connectivity index (χ0) is 9.68. The van der Waals surface area contributed by atoms with Gasteiger partial charge < -0.3 is 5.11 Å². The van der Waals surface area contributed by atoms with Crippen molar-refractivity contribution >= 4 is 17.7 Å². The van der Waals surface area contributed by atoms with Gasteiger partial charge in [0.15, 0.2) is 0 Å². The Morgan fingerprint density at radius 3 is 2.54 bits per heavy atom. The van der Waals surface area contributed by atoms with Crippen molar-refractivity contribution in [3.05, 3.63) is 35.9 Å². The zero-order valence-corrected chi connectivity index (χ0v) is 8.25. The topological polar surface area (TPSA) is 37.3 Å². The molecule has 1 aromatic rings. The lowest BCUT2D eigenvalue weighted by Crippen LogP contribution is -2.13. The van der Waals surface area contributed by atoms with Crippen LogP contribution in [0.25, 0.3) is 0 Å². The van der Waals surface area contributed by atoms with Crippen LogP contribution >= 0.6 is 11.8 Å². The molecule has 1 atom stereocenters. The lowest BCUT2D eigenvalue weighted by molar-refractivity contribution is -0.138. The van der Waals surface area contributed by atoms with Crippen LogP contribution in [0.5, 0.6) is 0 Å². The third kappa shape index (κ3) is 2.77. The van der Waals surface area contributed by atoms with Crippen molar-refractivity contribution in [2.45, 2.75) is 5.92 Å². The van der Waals surface area contributed by atoms with E-state index in [2.05, 4.69) is 0 Å². The lowest BCUT2D eigenvalue weighted by Gasteiger charge is -2.10. The molecule has 1 N–H and O–H groups in total. The number of aliphatic carboxylic acids is 1. The van der Waals surface area contributed by atoms with E-state index in [1.165, 1.54) is 0 Å². The Labute approximate surface area is 82.0 Å². The zero-order valence-electron chi connectivity index (χ0n) is 7.43. The largest absolute Gasteiger partial charge is 0.481 e. The minimum Gasteiger partial charge on any atom is -0.481 e. The molecular weight excluding hydrogens is 184 g/mol. The van der Waals surface area contributed by atoms with Gasteiger partial charge in [0.25, 0.3) is 0 Å². The van der Waals surface area contributed by atoms with Crippen molar-refractivity contribution in [3.63, 3.8) is 0 Å². The summed E-state index contributed by atoms with van der Waals surface area (Å²) in [5.74, 6) is -0.504. The van der Waals surface area contributed by atoms with Crippen LogP contribution in [0.4, 0.5) is 0 Å². The highest BCUT2D eigenvalue weighted by Crippen LogP contribution is 2.19. The Morgan fingerprint density at radius 2 is 2.08 bits per heavy atom. The van der Waals surface area contributed by atoms with Crippen LogP contribution in [0.1, 0.15) is 11.5 Å². The number of thioether (sulfide) groups is 1. The van der Waals surface area contributed by atoms with Gasteiger partial charge in [-0.05, 0) is 11.8 Å². The van der Waals surface area contributed by atoms with Crippen LogP contribution < -0.4 is 0 Å². The molecule has 0 saturated carbocycles. The molecular formula is C10H12O2S. The Kier molecular flexibility index (Phi) is 3.83. The van der Waals surface area contributed by atoms with Crippen molar-refractivity contribution < 1.29 is 9.90 Å². The molecule has 3 heteroatoms. The summed E-state index contributed by atoms with van der Waals surface area (Å²) in [6, 6.07) is 9.34. The van der Waals surface area contributed by atoms with Crippen molar-refractivity contribution in [2.24, 2.45) is 0 Å². The molecule has 0 aliphatic heterocycles. The number of carboxylic acid groups (broad SMARTS) is 1. The summed E-state index contributed by atoms with van der Waals surface area (Å²) in [5, 5.41) is 8.94. The molecule has 13 heavy (non-hydrogen) atoms. The first kappa shape index (κ1) is 10.1. The fraction of sp³-hybridized carbons (Fsp3) is 0.300. The van der Waals surface area contributed by atoms with E-state index < -0.39 is 5.97 Å². The minimum absolute atomic E-state index is 0.379. The molecule has 0 amide bonds. The Balaban J connectivity index is 2.82. The van der Waals surface area contributed by atoms with Crippen LogP contribution in [0.3, 0.4) is 0 Å². The van der Waals surface area contributed by atoms with E-state index in [4.69, 9.17) is 5.11 Å². The highest BCUT2D eigenvalue weighted by molar-refractivity contribution is 7.98. The number of carbonyl (C=O) groups is 1. The van der Waals surface area contributed by atoms with E-state index in [9.17, 15) is 4.79 Å². The average molecular weight is 196 g/mol.